The van der Waals surface area contributed by atoms with Crippen molar-refractivity contribution >= 4 is 23.4 Å². The molecule has 2 N–H and O–H groups in total. The molecule has 0 unspecified atom stereocenters. The molecule has 0 radical (unpaired) electrons. The highest BCUT2D eigenvalue weighted by molar-refractivity contribution is 5.89. The van der Waals surface area contributed by atoms with Crippen LogP contribution in [0, 0.1) is 5.92 Å². The Hall–Kier alpha value is -3.13. The fourth-order valence-electron chi connectivity index (χ4n) is 3.71. The number of amides is 3. The van der Waals surface area contributed by atoms with Crippen molar-refractivity contribution in [1.29, 1.82) is 0 Å². The summed E-state index contributed by atoms with van der Waals surface area (Å²) in [7, 11) is 0. The van der Waals surface area contributed by atoms with E-state index in [4.69, 9.17) is 4.74 Å². The first-order valence-corrected chi connectivity index (χ1v) is 11.3. The minimum Gasteiger partial charge on any atom is -0.376 e. The fraction of sp³-hybridized carbons (Fsp3) is 0.458. The Balaban J connectivity index is 1.13. The van der Waals surface area contributed by atoms with Gasteiger partial charge in [-0.05, 0) is 48.6 Å². The first kappa shape index (κ1) is 22.1. The van der Waals surface area contributed by atoms with Gasteiger partial charge in [0.1, 0.15) is 5.82 Å². The number of hydrogen-bond donors (Lipinski definition) is 2. The number of ether oxygens (including phenoxy) is 1. The molecule has 170 valence electrons. The number of aromatic nitrogens is 1. The standard InChI is InChI=1S/C24H31N5O3/c30-23(29-14-12-28(13-15-29)22-6-1-2-10-25-22)9-11-26-24(31)27-21-5-3-4-20(16-21)18-32-17-19-7-8-19/h1-6,10,16,19H,7-9,11-15,17-18H2,(H2,26,27,31). The molecule has 2 heterocycles. The summed E-state index contributed by atoms with van der Waals surface area (Å²) in [5.41, 5.74) is 1.75. The number of hydrogen-bond acceptors (Lipinski definition) is 5. The third-order valence-corrected chi connectivity index (χ3v) is 5.73. The Bertz CT molecular complexity index is 896. The van der Waals surface area contributed by atoms with Crippen LogP contribution in [0.25, 0.3) is 0 Å². The Kier molecular flexibility index (Phi) is 7.55. The van der Waals surface area contributed by atoms with E-state index in [1.54, 1.807) is 6.20 Å². The van der Waals surface area contributed by atoms with E-state index < -0.39 is 0 Å². The second-order valence-corrected chi connectivity index (χ2v) is 8.35. The Labute approximate surface area is 188 Å². The maximum absolute atomic E-state index is 12.5. The number of piperazine rings is 1. The van der Waals surface area contributed by atoms with Crippen molar-refractivity contribution in [3.63, 3.8) is 0 Å². The van der Waals surface area contributed by atoms with Crippen LogP contribution in [0.3, 0.4) is 0 Å². The molecular formula is C24H31N5O3. The lowest BCUT2D eigenvalue weighted by atomic mass is 10.2. The summed E-state index contributed by atoms with van der Waals surface area (Å²) in [4.78, 5) is 33.1. The summed E-state index contributed by atoms with van der Waals surface area (Å²) in [6.45, 7) is 4.51. The largest absolute Gasteiger partial charge is 0.376 e. The Morgan fingerprint density at radius 3 is 2.66 bits per heavy atom. The number of carbonyl (C=O) groups is 2. The molecule has 1 aromatic carbocycles. The fourth-order valence-corrected chi connectivity index (χ4v) is 3.71. The molecule has 8 nitrogen and oxygen atoms in total. The van der Waals surface area contributed by atoms with E-state index in [-0.39, 0.29) is 18.4 Å². The molecule has 1 saturated carbocycles. The summed E-state index contributed by atoms with van der Waals surface area (Å²) in [5, 5.41) is 5.60. The van der Waals surface area contributed by atoms with Crippen LogP contribution < -0.4 is 15.5 Å². The van der Waals surface area contributed by atoms with E-state index >= 15 is 0 Å². The van der Waals surface area contributed by atoms with Crippen molar-refractivity contribution in [3.8, 4) is 0 Å². The molecule has 32 heavy (non-hydrogen) atoms. The van der Waals surface area contributed by atoms with Gasteiger partial charge in [-0.15, -0.1) is 0 Å². The summed E-state index contributed by atoms with van der Waals surface area (Å²) in [6.07, 6.45) is 4.60. The molecule has 8 heteroatoms. The summed E-state index contributed by atoms with van der Waals surface area (Å²) >= 11 is 0. The van der Waals surface area contributed by atoms with E-state index in [1.807, 2.05) is 47.4 Å². The number of rotatable bonds is 9. The quantitative estimate of drug-likeness (QED) is 0.630. The van der Waals surface area contributed by atoms with Crippen LogP contribution in [0.1, 0.15) is 24.8 Å². The van der Waals surface area contributed by atoms with Crippen LogP contribution in [0.4, 0.5) is 16.3 Å². The van der Waals surface area contributed by atoms with Gasteiger partial charge in [-0.1, -0.05) is 18.2 Å². The van der Waals surface area contributed by atoms with Crippen LogP contribution >= 0.6 is 0 Å². The van der Waals surface area contributed by atoms with Gasteiger partial charge >= 0.3 is 6.03 Å². The van der Waals surface area contributed by atoms with E-state index in [1.165, 1.54) is 12.8 Å². The maximum Gasteiger partial charge on any atom is 0.319 e. The summed E-state index contributed by atoms with van der Waals surface area (Å²) in [6, 6.07) is 13.2. The third kappa shape index (κ3) is 6.68. The first-order valence-electron chi connectivity index (χ1n) is 11.3. The van der Waals surface area contributed by atoms with E-state index in [2.05, 4.69) is 20.5 Å². The Morgan fingerprint density at radius 1 is 1.06 bits per heavy atom. The molecule has 0 atom stereocenters. The van der Waals surface area contributed by atoms with Crippen molar-refractivity contribution < 1.29 is 14.3 Å². The van der Waals surface area contributed by atoms with Gasteiger partial charge in [0.25, 0.3) is 0 Å². The topological polar surface area (TPSA) is 86.8 Å². The maximum atomic E-state index is 12.5. The second-order valence-electron chi connectivity index (χ2n) is 8.35. The number of urea groups is 1. The van der Waals surface area contributed by atoms with Crippen molar-refractivity contribution in [2.75, 3.05) is 49.5 Å². The van der Waals surface area contributed by atoms with E-state index in [0.717, 1.165) is 37.0 Å². The molecule has 0 spiro atoms. The first-order chi connectivity index (χ1) is 15.7. The SMILES string of the molecule is O=C(NCCC(=O)N1CCN(c2ccccn2)CC1)Nc1cccc(COCC2CC2)c1. The number of benzene rings is 1. The molecule has 1 aliphatic heterocycles. The highest BCUT2D eigenvalue weighted by Gasteiger charge is 2.22. The lowest BCUT2D eigenvalue weighted by Gasteiger charge is -2.35. The van der Waals surface area contributed by atoms with E-state index in [9.17, 15) is 9.59 Å². The van der Waals surface area contributed by atoms with Gasteiger partial charge in [0, 0.05) is 57.6 Å². The lowest BCUT2D eigenvalue weighted by molar-refractivity contribution is -0.131. The van der Waals surface area contributed by atoms with Gasteiger partial charge < -0.3 is 25.2 Å². The van der Waals surface area contributed by atoms with Crippen molar-refractivity contribution in [3.05, 3.63) is 54.2 Å². The number of nitrogens with zero attached hydrogens (tertiary/aromatic N) is 3. The zero-order chi connectivity index (χ0) is 22.2. The Morgan fingerprint density at radius 2 is 1.91 bits per heavy atom. The lowest BCUT2D eigenvalue weighted by Crippen LogP contribution is -2.49. The number of carbonyl (C=O) groups excluding carboxylic acids is 2. The van der Waals surface area contributed by atoms with Crippen molar-refractivity contribution in [1.82, 2.24) is 15.2 Å². The molecule has 2 aliphatic rings. The molecule has 3 amide bonds. The zero-order valence-corrected chi connectivity index (χ0v) is 18.3. The predicted molar refractivity (Wildman–Crippen MR) is 123 cm³/mol. The average molecular weight is 438 g/mol. The molecule has 4 rings (SSSR count). The number of anilines is 2. The molecule has 2 aromatic rings. The predicted octanol–water partition coefficient (Wildman–Crippen LogP) is 2.87. The molecular weight excluding hydrogens is 406 g/mol. The monoisotopic (exact) mass is 437 g/mol. The molecule has 0 bridgehead atoms. The number of pyridine rings is 1. The zero-order valence-electron chi connectivity index (χ0n) is 18.3. The normalized spacial score (nSPS) is 16.0. The van der Waals surface area contributed by atoms with Gasteiger partial charge in [0.2, 0.25) is 5.91 Å². The highest BCUT2D eigenvalue weighted by Crippen LogP contribution is 2.29. The summed E-state index contributed by atoms with van der Waals surface area (Å²) < 4.78 is 5.71. The van der Waals surface area contributed by atoms with Crippen molar-refractivity contribution in [2.45, 2.75) is 25.9 Å². The van der Waals surface area contributed by atoms with Crippen LogP contribution in [0.15, 0.2) is 48.7 Å². The van der Waals surface area contributed by atoms with Crippen LogP contribution in [-0.4, -0.2) is 61.2 Å². The van der Waals surface area contributed by atoms with Gasteiger partial charge in [0.05, 0.1) is 6.61 Å². The van der Waals surface area contributed by atoms with Crippen LogP contribution in [0.5, 0.6) is 0 Å². The van der Waals surface area contributed by atoms with Crippen LogP contribution in [0.2, 0.25) is 0 Å². The highest BCUT2D eigenvalue weighted by atomic mass is 16.5. The number of nitrogens with one attached hydrogen (secondary N) is 2. The van der Waals surface area contributed by atoms with Gasteiger partial charge in [-0.25, -0.2) is 9.78 Å². The smallest absolute Gasteiger partial charge is 0.319 e. The molecule has 1 aliphatic carbocycles. The van der Waals surface area contributed by atoms with Gasteiger partial charge in [0.15, 0.2) is 0 Å². The minimum atomic E-state index is -0.311. The summed E-state index contributed by atoms with van der Waals surface area (Å²) in [5.74, 6) is 1.73. The second kappa shape index (κ2) is 10.9. The molecule has 1 saturated heterocycles. The van der Waals surface area contributed by atoms with Gasteiger partial charge in [-0.2, -0.15) is 0 Å². The van der Waals surface area contributed by atoms with Crippen LogP contribution in [-0.2, 0) is 16.1 Å². The molecule has 2 fully saturated rings. The van der Waals surface area contributed by atoms with Gasteiger partial charge in [-0.3, -0.25) is 4.79 Å². The van der Waals surface area contributed by atoms with E-state index in [0.29, 0.717) is 31.9 Å². The average Bonchev–Trinajstić information content (AvgIpc) is 3.64. The third-order valence-electron chi connectivity index (χ3n) is 5.73. The minimum absolute atomic E-state index is 0.0563. The van der Waals surface area contributed by atoms with Crippen molar-refractivity contribution in [2.24, 2.45) is 5.92 Å². The molecule has 1 aromatic heterocycles.